The first-order chi connectivity index (χ1) is 11.1. The van der Waals surface area contributed by atoms with Crippen molar-refractivity contribution in [3.05, 3.63) is 29.8 Å². The number of amides is 3. The maximum atomic E-state index is 12.8. The van der Waals surface area contributed by atoms with Gasteiger partial charge in [0.2, 0.25) is 0 Å². The van der Waals surface area contributed by atoms with Gasteiger partial charge in [-0.2, -0.15) is 11.8 Å². The molecular weight excluding hydrogens is 314 g/mol. The minimum absolute atomic E-state index is 0.00397. The van der Waals surface area contributed by atoms with Crippen LogP contribution in [0, 0.1) is 0 Å². The number of nitrogens with one attached hydrogen (secondary N) is 1. The minimum atomic E-state index is -0.634. The average Bonchev–Trinajstić information content (AvgIpc) is 2.54. The fraction of sp³-hybridized carbons (Fsp3) is 0.500. The molecule has 0 radical (unpaired) electrons. The molecule has 23 heavy (non-hydrogen) atoms. The third-order valence-corrected chi connectivity index (χ3v) is 5.85. The van der Waals surface area contributed by atoms with Gasteiger partial charge in [-0.25, -0.2) is 4.79 Å². The van der Waals surface area contributed by atoms with E-state index >= 15 is 0 Å². The maximum absolute atomic E-state index is 12.8. The number of primary amides is 1. The van der Waals surface area contributed by atoms with E-state index in [4.69, 9.17) is 10.5 Å². The van der Waals surface area contributed by atoms with E-state index in [9.17, 15) is 9.59 Å². The Morgan fingerprint density at radius 1 is 1.30 bits per heavy atom. The number of nitrogens with two attached hydrogens (primary N) is 1. The second-order valence-corrected chi connectivity index (χ2v) is 7.50. The summed E-state index contributed by atoms with van der Waals surface area (Å²) < 4.78 is 5.60. The van der Waals surface area contributed by atoms with Gasteiger partial charge in [0, 0.05) is 48.1 Å². The summed E-state index contributed by atoms with van der Waals surface area (Å²) in [6, 6.07) is 6.28. The van der Waals surface area contributed by atoms with E-state index in [-0.39, 0.29) is 10.7 Å². The van der Waals surface area contributed by atoms with E-state index < -0.39 is 6.03 Å². The van der Waals surface area contributed by atoms with Crippen molar-refractivity contribution in [2.75, 3.05) is 37.4 Å². The first-order valence-electron chi connectivity index (χ1n) is 7.76. The highest BCUT2D eigenvalue weighted by Gasteiger charge is 2.39. The number of ether oxygens (including phenoxy) is 1. The lowest BCUT2D eigenvalue weighted by Gasteiger charge is -2.44. The van der Waals surface area contributed by atoms with Gasteiger partial charge in [-0.05, 0) is 31.0 Å². The van der Waals surface area contributed by atoms with Crippen LogP contribution in [-0.4, -0.2) is 53.6 Å². The molecule has 2 aliphatic heterocycles. The summed E-state index contributed by atoms with van der Waals surface area (Å²) in [5, 5.41) is 2.51. The van der Waals surface area contributed by atoms with Gasteiger partial charge >= 0.3 is 6.03 Å². The van der Waals surface area contributed by atoms with Crippen LogP contribution in [0.2, 0.25) is 0 Å². The van der Waals surface area contributed by atoms with E-state index in [1.54, 1.807) is 24.3 Å². The Kier molecular flexibility index (Phi) is 4.77. The van der Waals surface area contributed by atoms with E-state index in [1.165, 1.54) is 0 Å². The predicted octanol–water partition coefficient (Wildman–Crippen LogP) is 1.92. The van der Waals surface area contributed by atoms with Crippen molar-refractivity contribution in [2.45, 2.75) is 17.6 Å². The number of thioether (sulfide) groups is 1. The van der Waals surface area contributed by atoms with Gasteiger partial charge in [0.1, 0.15) is 0 Å². The fourth-order valence-corrected chi connectivity index (χ4v) is 4.57. The number of hydrogen-bond acceptors (Lipinski definition) is 4. The molecule has 7 heteroatoms. The molecule has 0 bridgehead atoms. The smallest absolute Gasteiger partial charge is 0.316 e. The molecule has 1 aromatic carbocycles. The summed E-state index contributed by atoms with van der Waals surface area (Å²) in [5.74, 6) is 0.953. The van der Waals surface area contributed by atoms with Crippen molar-refractivity contribution in [1.82, 2.24) is 4.90 Å². The molecule has 6 nitrogen and oxygen atoms in total. The number of carbonyl (C=O) groups is 2. The Hall–Kier alpha value is -1.73. The second-order valence-electron chi connectivity index (χ2n) is 5.94. The molecule has 1 spiro atoms. The highest BCUT2D eigenvalue weighted by molar-refractivity contribution is 8.00. The SMILES string of the molecule is NC(=O)Nc1cccc(C(=O)N2CCSC3(CCOCC3)C2)c1. The molecule has 1 aromatic rings. The number of rotatable bonds is 2. The summed E-state index contributed by atoms with van der Waals surface area (Å²) in [6.07, 6.45) is 1.98. The zero-order valence-corrected chi connectivity index (χ0v) is 13.7. The zero-order valence-electron chi connectivity index (χ0n) is 12.9. The summed E-state index contributed by atoms with van der Waals surface area (Å²) in [6.45, 7) is 3.05. The molecule has 124 valence electrons. The quantitative estimate of drug-likeness (QED) is 0.865. The van der Waals surface area contributed by atoms with Crippen molar-refractivity contribution in [3.63, 3.8) is 0 Å². The van der Waals surface area contributed by atoms with Crippen LogP contribution in [0.25, 0.3) is 0 Å². The van der Waals surface area contributed by atoms with Crippen molar-refractivity contribution in [1.29, 1.82) is 0 Å². The van der Waals surface area contributed by atoms with Crippen LogP contribution in [-0.2, 0) is 4.74 Å². The van der Waals surface area contributed by atoms with Crippen LogP contribution in [0.3, 0.4) is 0 Å². The van der Waals surface area contributed by atoms with E-state index in [0.717, 1.165) is 44.9 Å². The Labute approximate surface area is 139 Å². The number of hydrogen-bond donors (Lipinski definition) is 2. The molecule has 0 atom stereocenters. The molecule has 0 aliphatic carbocycles. The summed E-state index contributed by atoms with van der Waals surface area (Å²) in [5.41, 5.74) is 6.24. The van der Waals surface area contributed by atoms with Crippen LogP contribution < -0.4 is 11.1 Å². The highest BCUT2D eigenvalue weighted by atomic mass is 32.2. The highest BCUT2D eigenvalue weighted by Crippen LogP contribution is 2.39. The average molecular weight is 335 g/mol. The fourth-order valence-electron chi connectivity index (χ4n) is 3.12. The van der Waals surface area contributed by atoms with Gasteiger partial charge in [-0.3, -0.25) is 4.79 Å². The Morgan fingerprint density at radius 3 is 2.83 bits per heavy atom. The molecule has 0 unspecified atom stereocenters. The number of urea groups is 1. The maximum Gasteiger partial charge on any atom is 0.316 e. The van der Waals surface area contributed by atoms with Gasteiger partial charge in [-0.15, -0.1) is 0 Å². The Balaban J connectivity index is 1.73. The molecular formula is C16H21N3O3S. The Morgan fingerprint density at radius 2 is 2.09 bits per heavy atom. The normalized spacial score (nSPS) is 20.3. The lowest BCUT2D eigenvalue weighted by atomic mass is 9.97. The van der Waals surface area contributed by atoms with Gasteiger partial charge < -0.3 is 20.7 Å². The van der Waals surface area contributed by atoms with Crippen molar-refractivity contribution < 1.29 is 14.3 Å². The molecule has 0 aromatic heterocycles. The number of nitrogens with zero attached hydrogens (tertiary/aromatic N) is 1. The van der Waals surface area contributed by atoms with Crippen molar-refractivity contribution in [3.8, 4) is 0 Å². The lowest BCUT2D eigenvalue weighted by Crippen LogP contribution is -2.51. The molecule has 2 fully saturated rings. The topological polar surface area (TPSA) is 84.7 Å². The van der Waals surface area contributed by atoms with Gasteiger partial charge in [-0.1, -0.05) is 6.07 Å². The van der Waals surface area contributed by atoms with Crippen LogP contribution in [0.1, 0.15) is 23.2 Å². The molecule has 3 N–H and O–H groups in total. The lowest BCUT2D eigenvalue weighted by molar-refractivity contribution is 0.0536. The third kappa shape index (κ3) is 3.79. The molecule has 2 saturated heterocycles. The van der Waals surface area contributed by atoms with E-state index in [2.05, 4.69) is 5.32 Å². The summed E-state index contributed by atoms with van der Waals surface area (Å²) in [4.78, 5) is 25.7. The standard InChI is InChI=1S/C16H21N3O3S/c17-15(21)18-13-3-1-2-12(10-13)14(20)19-6-9-23-16(11-19)4-7-22-8-5-16/h1-3,10H,4-9,11H2,(H3,17,18,21). The van der Waals surface area contributed by atoms with Gasteiger partial charge in [0.15, 0.2) is 0 Å². The molecule has 0 saturated carbocycles. The number of anilines is 1. The summed E-state index contributed by atoms with van der Waals surface area (Å²) >= 11 is 1.97. The molecule has 2 heterocycles. The second kappa shape index (κ2) is 6.80. The van der Waals surface area contributed by atoms with Crippen LogP contribution >= 0.6 is 11.8 Å². The van der Waals surface area contributed by atoms with Crippen molar-refractivity contribution >= 4 is 29.4 Å². The molecule has 3 amide bonds. The number of carbonyl (C=O) groups excluding carboxylic acids is 2. The van der Waals surface area contributed by atoms with Gasteiger partial charge in [0.25, 0.3) is 5.91 Å². The van der Waals surface area contributed by atoms with Gasteiger partial charge in [0.05, 0.1) is 0 Å². The van der Waals surface area contributed by atoms with Crippen LogP contribution in [0.15, 0.2) is 24.3 Å². The monoisotopic (exact) mass is 335 g/mol. The van der Waals surface area contributed by atoms with E-state index in [0.29, 0.717) is 11.3 Å². The number of benzene rings is 1. The summed E-state index contributed by atoms with van der Waals surface area (Å²) in [7, 11) is 0. The zero-order chi connectivity index (χ0) is 16.3. The van der Waals surface area contributed by atoms with E-state index in [1.807, 2.05) is 16.7 Å². The third-order valence-electron chi connectivity index (χ3n) is 4.32. The molecule has 3 rings (SSSR count). The minimum Gasteiger partial charge on any atom is -0.381 e. The van der Waals surface area contributed by atoms with Crippen LogP contribution in [0.4, 0.5) is 10.5 Å². The largest absolute Gasteiger partial charge is 0.381 e. The van der Waals surface area contributed by atoms with Crippen molar-refractivity contribution in [2.24, 2.45) is 5.73 Å². The first-order valence-corrected chi connectivity index (χ1v) is 8.74. The molecule has 2 aliphatic rings. The Bertz CT molecular complexity index is 596. The predicted molar refractivity (Wildman–Crippen MR) is 90.8 cm³/mol. The first kappa shape index (κ1) is 16.1. The van der Waals surface area contributed by atoms with Crippen LogP contribution in [0.5, 0.6) is 0 Å².